The number of hydrogen-bond acceptors (Lipinski definition) is 2. The zero-order valence-electron chi connectivity index (χ0n) is 20.1. The molecule has 3 rings (SSSR count). The van der Waals surface area contributed by atoms with Gasteiger partial charge in [-0.1, -0.05) is 96.9 Å². The Hall–Kier alpha value is -3.11. The van der Waals surface area contributed by atoms with Crippen molar-refractivity contribution in [3.05, 3.63) is 106 Å². The summed E-state index contributed by atoms with van der Waals surface area (Å²) in [4.78, 5) is 28.9. The molecule has 0 aliphatic heterocycles. The van der Waals surface area contributed by atoms with Crippen LogP contribution < -0.4 is 5.32 Å². The highest BCUT2D eigenvalue weighted by molar-refractivity contribution is 6.31. The third-order valence-corrected chi connectivity index (χ3v) is 6.41. The summed E-state index contributed by atoms with van der Waals surface area (Å²) in [5.74, 6) is -0.272. The summed E-state index contributed by atoms with van der Waals surface area (Å²) in [6, 6.07) is 24.6. The highest BCUT2D eigenvalue weighted by Gasteiger charge is 2.31. The van der Waals surface area contributed by atoms with Crippen LogP contribution in [0.5, 0.6) is 0 Å². The highest BCUT2D eigenvalue weighted by atomic mass is 35.5. The molecule has 2 amide bonds. The third kappa shape index (κ3) is 7.19. The molecule has 0 saturated heterocycles. The Morgan fingerprint density at radius 1 is 0.912 bits per heavy atom. The van der Waals surface area contributed by atoms with Gasteiger partial charge in [-0.2, -0.15) is 0 Å². The van der Waals surface area contributed by atoms with Crippen molar-refractivity contribution >= 4 is 23.4 Å². The minimum atomic E-state index is -0.646. The van der Waals surface area contributed by atoms with Gasteiger partial charge in [0, 0.05) is 24.0 Å². The van der Waals surface area contributed by atoms with Crippen molar-refractivity contribution in [3.8, 4) is 0 Å². The molecule has 5 heteroatoms. The van der Waals surface area contributed by atoms with Gasteiger partial charge in [-0.15, -0.1) is 0 Å². The van der Waals surface area contributed by atoms with Crippen molar-refractivity contribution in [1.82, 2.24) is 10.2 Å². The fourth-order valence-corrected chi connectivity index (χ4v) is 3.99. The van der Waals surface area contributed by atoms with Crippen LogP contribution in [0.1, 0.15) is 42.5 Å². The van der Waals surface area contributed by atoms with Gasteiger partial charge in [-0.25, -0.2) is 0 Å². The molecular weight excluding hydrogens is 444 g/mol. The molecule has 0 unspecified atom stereocenters. The second-order valence-electron chi connectivity index (χ2n) is 8.80. The van der Waals surface area contributed by atoms with Crippen molar-refractivity contribution in [2.24, 2.45) is 0 Å². The van der Waals surface area contributed by atoms with Crippen LogP contribution in [-0.2, 0) is 29.0 Å². The van der Waals surface area contributed by atoms with Crippen molar-refractivity contribution in [1.29, 1.82) is 0 Å². The van der Waals surface area contributed by atoms with Gasteiger partial charge in [0.05, 0.1) is 6.42 Å². The summed E-state index contributed by atoms with van der Waals surface area (Å²) in [5.41, 5.74) is 3.88. The van der Waals surface area contributed by atoms with Crippen LogP contribution in [0.25, 0.3) is 0 Å². The van der Waals surface area contributed by atoms with Crippen molar-refractivity contribution < 1.29 is 9.59 Å². The van der Waals surface area contributed by atoms with E-state index >= 15 is 0 Å². The van der Waals surface area contributed by atoms with E-state index in [2.05, 4.69) is 5.32 Å². The Morgan fingerprint density at radius 3 is 2.21 bits per heavy atom. The molecule has 3 aromatic carbocycles. The molecule has 2 atom stereocenters. The van der Waals surface area contributed by atoms with Gasteiger partial charge in [0.25, 0.3) is 0 Å². The first-order chi connectivity index (χ1) is 16.4. The molecule has 0 heterocycles. The van der Waals surface area contributed by atoms with Gasteiger partial charge in [0.15, 0.2) is 0 Å². The number of aryl methyl sites for hydroxylation is 1. The van der Waals surface area contributed by atoms with Crippen LogP contribution in [0.15, 0.2) is 78.9 Å². The maximum Gasteiger partial charge on any atom is 0.243 e. The van der Waals surface area contributed by atoms with E-state index in [4.69, 9.17) is 11.6 Å². The maximum atomic E-state index is 13.7. The monoisotopic (exact) mass is 476 g/mol. The Balaban J connectivity index is 1.97. The fourth-order valence-electron chi connectivity index (χ4n) is 3.79. The number of nitrogens with zero attached hydrogens (tertiary/aromatic N) is 1. The van der Waals surface area contributed by atoms with Crippen LogP contribution >= 0.6 is 11.6 Å². The number of amides is 2. The highest BCUT2D eigenvalue weighted by Crippen LogP contribution is 2.20. The molecule has 0 aliphatic rings. The number of rotatable bonds is 10. The molecule has 0 bridgehead atoms. The van der Waals surface area contributed by atoms with E-state index in [-0.39, 0.29) is 24.3 Å². The zero-order chi connectivity index (χ0) is 24.5. The molecule has 0 aliphatic carbocycles. The number of hydrogen-bond donors (Lipinski definition) is 1. The van der Waals surface area contributed by atoms with E-state index in [1.165, 1.54) is 0 Å². The summed E-state index contributed by atoms with van der Waals surface area (Å²) >= 11 is 6.36. The Morgan fingerprint density at radius 2 is 1.56 bits per heavy atom. The molecule has 1 N–H and O–H groups in total. The number of carbonyl (C=O) groups excluding carboxylic acids is 2. The van der Waals surface area contributed by atoms with Gasteiger partial charge >= 0.3 is 0 Å². The van der Waals surface area contributed by atoms with E-state index in [1.54, 1.807) is 11.0 Å². The normalized spacial score (nSPS) is 12.6. The van der Waals surface area contributed by atoms with Crippen LogP contribution in [0, 0.1) is 6.92 Å². The lowest BCUT2D eigenvalue weighted by atomic mass is 10.0. The predicted molar refractivity (Wildman–Crippen MR) is 139 cm³/mol. The van der Waals surface area contributed by atoms with Gasteiger partial charge in [0.1, 0.15) is 6.04 Å². The topological polar surface area (TPSA) is 49.4 Å². The van der Waals surface area contributed by atoms with Gasteiger partial charge in [-0.05, 0) is 43.0 Å². The molecule has 178 valence electrons. The van der Waals surface area contributed by atoms with E-state index in [0.29, 0.717) is 18.0 Å². The lowest BCUT2D eigenvalue weighted by molar-refractivity contribution is -0.141. The van der Waals surface area contributed by atoms with Gasteiger partial charge < -0.3 is 10.2 Å². The molecule has 0 aromatic heterocycles. The molecule has 3 aromatic rings. The van der Waals surface area contributed by atoms with Crippen LogP contribution in [0.4, 0.5) is 0 Å². The quantitative estimate of drug-likeness (QED) is 0.405. The third-order valence-electron chi connectivity index (χ3n) is 6.05. The van der Waals surface area contributed by atoms with Crippen molar-refractivity contribution in [2.45, 2.75) is 58.7 Å². The van der Waals surface area contributed by atoms with Crippen molar-refractivity contribution in [2.75, 3.05) is 0 Å². The second-order valence-corrected chi connectivity index (χ2v) is 9.21. The standard InChI is InChI=1S/C29H33ClN2O2/c1-4-22(3)31-29(34)27(18-23-10-6-5-7-11-23)32(20-24-16-14-21(2)15-17-24)28(33)19-25-12-8-9-13-26(25)30/h5-17,22,27H,4,18-20H2,1-3H3,(H,31,34)/t22-,27+/m0/s1. The Bertz CT molecular complexity index is 1080. The van der Waals surface area contributed by atoms with Crippen LogP contribution in [0.3, 0.4) is 0 Å². The number of benzene rings is 3. The van der Waals surface area contributed by atoms with Crippen LogP contribution in [-0.4, -0.2) is 28.8 Å². The average molecular weight is 477 g/mol. The second kappa shape index (κ2) is 12.4. The number of halogens is 1. The SMILES string of the molecule is CC[C@H](C)NC(=O)[C@@H](Cc1ccccc1)N(Cc1ccc(C)cc1)C(=O)Cc1ccccc1Cl. The molecule has 0 fully saturated rings. The van der Waals surface area contributed by atoms with Crippen molar-refractivity contribution in [3.63, 3.8) is 0 Å². The summed E-state index contributed by atoms with van der Waals surface area (Å²) in [6.07, 6.45) is 1.38. The van der Waals surface area contributed by atoms with Crippen LogP contribution in [0.2, 0.25) is 5.02 Å². The fraction of sp³-hybridized carbons (Fsp3) is 0.310. The Kier molecular flexibility index (Phi) is 9.29. The first kappa shape index (κ1) is 25.5. The lowest BCUT2D eigenvalue weighted by Crippen LogP contribution is -2.52. The lowest BCUT2D eigenvalue weighted by Gasteiger charge is -2.32. The number of carbonyl (C=O) groups is 2. The average Bonchev–Trinajstić information content (AvgIpc) is 2.84. The molecule has 0 radical (unpaired) electrons. The summed E-state index contributed by atoms with van der Waals surface area (Å²) in [5, 5.41) is 3.65. The van der Waals surface area contributed by atoms with Gasteiger partial charge in [0.2, 0.25) is 11.8 Å². The van der Waals surface area contributed by atoms with E-state index in [1.807, 2.05) is 93.6 Å². The molecule has 0 spiro atoms. The summed E-state index contributed by atoms with van der Waals surface area (Å²) < 4.78 is 0. The van der Waals surface area contributed by atoms with E-state index in [9.17, 15) is 9.59 Å². The minimum absolute atomic E-state index is 0.0191. The first-order valence-corrected chi connectivity index (χ1v) is 12.2. The first-order valence-electron chi connectivity index (χ1n) is 11.8. The Labute approximate surface area is 207 Å². The predicted octanol–water partition coefficient (Wildman–Crippen LogP) is 5.75. The minimum Gasteiger partial charge on any atom is -0.352 e. The smallest absolute Gasteiger partial charge is 0.243 e. The molecule has 0 saturated carbocycles. The van der Waals surface area contributed by atoms with E-state index < -0.39 is 6.04 Å². The molecule has 4 nitrogen and oxygen atoms in total. The number of nitrogens with one attached hydrogen (secondary N) is 1. The maximum absolute atomic E-state index is 13.7. The summed E-state index contributed by atoms with van der Waals surface area (Å²) in [7, 11) is 0. The molecule has 34 heavy (non-hydrogen) atoms. The largest absolute Gasteiger partial charge is 0.352 e. The summed E-state index contributed by atoms with van der Waals surface area (Å²) in [6.45, 7) is 6.38. The van der Waals surface area contributed by atoms with E-state index in [0.717, 1.165) is 28.7 Å². The zero-order valence-corrected chi connectivity index (χ0v) is 20.9. The molecular formula is C29H33ClN2O2. The van der Waals surface area contributed by atoms with Gasteiger partial charge in [-0.3, -0.25) is 9.59 Å².